The minimum atomic E-state index is 0.439. The minimum Gasteiger partial charge on any atom is -0.354 e. The minimum absolute atomic E-state index is 0.439. The lowest BCUT2D eigenvalue weighted by Crippen LogP contribution is -2.38. The van der Waals surface area contributed by atoms with Crippen LogP contribution in [0.4, 0.5) is 0 Å². The van der Waals surface area contributed by atoms with Gasteiger partial charge in [-0.15, -0.1) is 5.10 Å². The summed E-state index contributed by atoms with van der Waals surface area (Å²) in [6, 6.07) is 0. The van der Waals surface area contributed by atoms with Gasteiger partial charge in [-0.05, 0) is 11.5 Å². The van der Waals surface area contributed by atoms with Crippen molar-refractivity contribution >= 4 is 23.5 Å². The Morgan fingerprint density at radius 1 is 0.926 bits per heavy atom. The van der Waals surface area contributed by atoms with Gasteiger partial charge in [0.2, 0.25) is 11.9 Å². The number of nitriles is 2. The number of nitrogens with one attached hydrogen (secondary N) is 6. The maximum atomic E-state index is 8.55. The molecule has 1 heterocycles. The molecule has 12 nitrogen and oxygen atoms in total. The highest BCUT2D eigenvalue weighted by molar-refractivity contribution is 7.05. The molecule has 1 aromatic heterocycles. The van der Waals surface area contributed by atoms with Crippen molar-refractivity contribution < 1.29 is 0 Å². The van der Waals surface area contributed by atoms with E-state index in [2.05, 4.69) is 51.5 Å². The highest BCUT2D eigenvalue weighted by Gasteiger charge is 2.07. The molecule has 0 aliphatic carbocycles. The molecular formula is C14H24N12S. The second kappa shape index (κ2) is 14.2. The van der Waals surface area contributed by atoms with Crippen LogP contribution in [0.1, 0.15) is 10.6 Å². The molecule has 0 radical (unpaired) electrons. The molecule has 6 N–H and O–H groups in total. The summed E-state index contributed by atoms with van der Waals surface area (Å²) >= 11 is 1.36. The fourth-order valence-corrected chi connectivity index (χ4v) is 2.53. The van der Waals surface area contributed by atoms with Gasteiger partial charge in [0.1, 0.15) is 0 Å². The molecule has 0 atom stereocenters. The molecule has 0 spiro atoms. The van der Waals surface area contributed by atoms with E-state index in [9.17, 15) is 0 Å². The average molecular weight is 392 g/mol. The van der Waals surface area contributed by atoms with Gasteiger partial charge >= 0.3 is 0 Å². The average Bonchev–Trinajstić information content (AvgIpc) is 3.13. The highest BCUT2D eigenvalue weighted by Crippen LogP contribution is 2.09. The van der Waals surface area contributed by atoms with E-state index in [-0.39, 0.29) is 0 Å². The number of nitrogens with zero attached hydrogens (tertiary/aromatic N) is 6. The summed E-state index contributed by atoms with van der Waals surface area (Å²) in [6.45, 7) is 3.91. The Hall–Kier alpha value is -3.00. The van der Waals surface area contributed by atoms with Gasteiger partial charge in [-0.1, -0.05) is 4.49 Å². The molecule has 0 bridgehead atoms. The van der Waals surface area contributed by atoms with Crippen molar-refractivity contribution in [1.29, 1.82) is 10.5 Å². The van der Waals surface area contributed by atoms with Crippen molar-refractivity contribution in [3.63, 3.8) is 0 Å². The van der Waals surface area contributed by atoms with Crippen LogP contribution in [0.25, 0.3) is 0 Å². The molecule has 1 rings (SSSR count). The maximum Gasteiger partial charge on any atom is 0.204 e. The molecule has 0 amide bonds. The van der Waals surface area contributed by atoms with Crippen molar-refractivity contribution in [3.05, 3.63) is 10.6 Å². The van der Waals surface area contributed by atoms with Gasteiger partial charge in [0.05, 0.1) is 10.6 Å². The quantitative estimate of drug-likeness (QED) is 0.0861. The summed E-state index contributed by atoms with van der Waals surface area (Å²) < 4.78 is 4.00. The van der Waals surface area contributed by atoms with Crippen molar-refractivity contribution in [1.82, 2.24) is 41.5 Å². The van der Waals surface area contributed by atoms with E-state index >= 15 is 0 Å². The van der Waals surface area contributed by atoms with Gasteiger partial charge < -0.3 is 21.3 Å². The first kappa shape index (κ1) is 22.0. The molecule has 0 aliphatic rings. The Balaban J connectivity index is 2.21. The molecule has 146 valence electrons. The van der Waals surface area contributed by atoms with Crippen molar-refractivity contribution in [3.8, 4) is 12.4 Å². The summed E-state index contributed by atoms with van der Waals surface area (Å²) in [4.78, 5) is 8.86. The zero-order valence-electron chi connectivity index (χ0n) is 15.3. The lowest BCUT2D eigenvalue weighted by molar-refractivity contribution is 0.638. The molecule has 13 heteroatoms. The van der Waals surface area contributed by atoms with Gasteiger partial charge in [-0.2, -0.15) is 10.5 Å². The topological polar surface area (TPSA) is 170 Å². The molecule has 0 saturated heterocycles. The fourth-order valence-electron chi connectivity index (χ4n) is 1.91. The summed E-state index contributed by atoms with van der Waals surface area (Å²) in [5.74, 6) is 0.882. The Morgan fingerprint density at radius 2 is 1.48 bits per heavy atom. The van der Waals surface area contributed by atoms with Gasteiger partial charge in [-0.3, -0.25) is 20.6 Å². The standard InChI is InChI=1S/C14H24N12S/c1-17-13(23-9-15)21-5-3-19-7-11-12(27-26-25-11)8-20-4-6-22-14(18-2)24-10-16/h19-20H,3-8H2,1-2H3,(H2,17,21,23)(H2,18,22,24). The zero-order chi connectivity index (χ0) is 19.7. The summed E-state index contributed by atoms with van der Waals surface area (Å²) in [5.41, 5.74) is 0.905. The lowest BCUT2D eigenvalue weighted by atomic mass is 10.3. The predicted molar refractivity (Wildman–Crippen MR) is 104 cm³/mol. The summed E-state index contributed by atoms with van der Waals surface area (Å²) in [7, 11) is 3.21. The second-order valence-electron chi connectivity index (χ2n) is 4.97. The largest absolute Gasteiger partial charge is 0.354 e. The van der Waals surface area contributed by atoms with Crippen LogP contribution < -0.4 is 31.9 Å². The van der Waals surface area contributed by atoms with E-state index in [0.717, 1.165) is 10.6 Å². The van der Waals surface area contributed by atoms with Crippen LogP contribution in [0, 0.1) is 22.9 Å². The van der Waals surface area contributed by atoms with Crippen LogP contribution in [0.2, 0.25) is 0 Å². The zero-order valence-corrected chi connectivity index (χ0v) is 16.2. The number of guanidine groups is 2. The van der Waals surface area contributed by atoms with Crippen LogP contribution in [-0.2, 0) is 13.1 Å². The van der Waals surface area contributed by atoms with Gasteiger partial charge in [-0.25, -0.2) is 0 Å². The molecule has 0 aliphatic heterocycles. The summed E-state index contributed by atoms with van der Waals surface area (Å²) in [6.07, 6.45) is 3.64. The van der Waals surface area contributed by atoms with Crippen LogP contribution >= 0.6 is 11.5 Å². The molecule has 1 aromatic rings. The first-order valence-corrected chi connectivity index (χ1v) is 8.95. The van der Waals surface area contributed by atoms with E-state index in [1.807, 2.05) is 12.4 Å². The van der Waals surface area contributed by atoms with Gasteiger partial charge in [0, 0.05) is 53.4 Å². The van der Waals surface area contributed by atoms with Crippen molar-refractivity contribution in [2.45, 2.75) is 13.1 Å². The van der Waals surface area contributed by atoms with E-state index < -0.39 is 0 Å². The number of rotatable bonds is 10. The summed E-state index contributed by atoms with van der Waals surface area (Å²) in [5, 5.41) is 38.7. The molecule has 27 heavy (non-hydrogen) atoms. The van der Waals surface area contributed by atoms with Crippen molar-refractivity contribution in [2.75, 3.05) is 40.3 Å². The van der Waals surface area contributed by atoms with Gasteiger partial charge in [0.15, 0.2) is 12.4 Å². The van der Waals surface area contributed by atoms with Crippen LogP contribution in [0.5, 0.6) is 0 Å². The Kier molecular flexibility index (Phi) is 11.6. The van der Waals surface area contributed by atoms with Crippen LogP contribution in [0.15, 0.2) is 9.98 Å². The number of aromatic nitrogens is 2. The third-order valence-electron chi connectivity index (χ3n) is 3.20. The fraction of sp³-hybridized carbons (Fsp3) is 0.571. The normalized spacial score (nSPS) is 11.4. The highest BCUT2D eigenvalue weighted by atomic mass is 32.1. The molecule has 0 saturated carbocycles. The van der Waals surface area contributed by atoms with E-state index in [0.29, 0.717) is 51.2 Å². The Morgan fingerprint density at radius 3 is 2.00 bits per heavy atom. The van der Waals surface area contributed by atoms with E-state index in [1.165, 1.54) is 11.5 Å². The van der Waals surface area contributed by atoms with Crippen LogP contribution in [-0.4, -0.2) is 61.8 Å². The Bertz CT molecular complexity index is 627. The first-order chi connectivity index (χ1) is 13.2. The number of hydrogen-bond acceptors (Lipinski definition) is 9. The molecule has 0 unspecified atom stereocenters. The Labute approximate surface area is 162 Å². The van der Waals surface area contributed by atoms with E-state index in [1.54, 1.807) is 14.1 Å². The van der Waals surface area contributed by atoms with E-state index in [4.69, 9.17) is 10.5 Å². The second-order valence-corrected chi connectivity index (χ2v) is 5.81. The smallest absolute Gasteiger partial charge is 0.204 e. The number of hydrogen-bond donors (Lipinski definition) is 6. The SMILES string of the molecule is CN=C(NC#N)NCCNCc1nnsc1CNCCNC(=NC)NC#N. The van der Waals surface area contributed by atoms with Crippen LogP contribution in [0.3, 0.4) is 0 Å². The molecule has 0 aromatic carbocycles. The van der Waals surface area contributed by atoms with Gasteiger partial charge in [0.25, 0.3) is 0 Å². The lowest BCUT2D eigenvalue weighted by Gasteiger charge is -2.09. The molecular weight excluding hydrogens is 368 g/mol. The third-order valence-corrected chi connectivity index (χ3v) is 3.96. The predicted octanol–water partition coefficient (Wildman–Crippen LogP) is -1.99. The first-order valence-electron chi connectivity index (χ1n) is 8.18. The van der Waals surface area contributed by atoms with Crippen molar-refractivity contribution in [2.24, 2.45) is 9.98 Å². The third kappa shape index (κ3) is 9.31. The maximum absolute atomic E-state index is 8.55. The number of aliphatic imine (C=N–C) groups is 2. The monoisotopic (exact) mass is 392 g/mol. The molecule has 0 fully saturated rings.